The number of halogens is 1. The molecule has 6 heteroatoms. The molecule has 0 saturated carbocycles. The average molecular weight is 277 g/mol. The Morgan fingerprint density at radius 1 is 1.21 bits per heavy atom. The lowest BCUT2D eigenvalue weighted by atomic mass is 10.1. The van der Waals surface area contributed by atoms with E-state index in [-0.39, 0.29) is 17.4 Å². The van der Waals surface area contributed by atoms with Crippen LogP contribution in [0, 0.1) is 19.3 Å². The van der Waals surface area contributed by atoms with Crippen LogP contribution < -0.4 is 10.5 Å². The molecule has 0 amide bonds. The summed E-state index contributed by atoms with van der Waals surface area (Å²) in [6, 6.07) is 3.60. The van der Waals surface area contributed by atoms with E-state index >= 15 is 0 Å². The van der Waals surface area contributed by atoms with E-state index in [2.05, 4.69) is 9.97 Å². The standard InChI is InChI=1S/C13H13ClN4O/c1-7-5-9(6-8(2)10(7)14)19-13-11(12(15)16)17-3-4-18-13/h3-6H,1-2H3,(H3,15,16). The zero-order valence-electron chi connectivity index (χ0n) is 10.6. The van der Waals surface area contributed by atoms with Gasteiger partial charge in [-0.2, -0.15) is 0 Å². The summed E-state index contributed by atoms with van der Waals surface area (Å²) in [4.78, 5) is 8.01. The van der Waals surface area contributed by atoms with E-state index in [9.17, 15) is 0 Å². The van der Waals surface area contributed by atoms with Crippen LogP contribution in [0.25, 0.3) is 0 Å². The molecule has 0 radical (unpaired) electrons. The molecule has 2 rings (SSSR count). The van der Waals surface area contributed by atoms with Gasteiger partial charge in [0.15, 0.2) is 5.69 Å². The molecule has 5 nitrogen and oxygen atoms in total. The summed E-state index contributed by atoms with van der Waals surface area (Å²) in [6.07, 6.45) is 2.94. The normalized spacial score (nSPS) is 10.3. The topological polar surface area (TPSA) is 84.9 Å². The first-order chi connectivity index (χ1) is 8.99. The second kappa shape index (κ2) is 5.24. The van der Waals surface area contributed by atoms with Gasteiger partial charge in [-0.25, -0.2) is 9.97 Å². The quantitative estimate of drug-likeness (QED) is 0.667. The lowest BCUT2D eigenvalue weighted by molar-refractivity contribution is 0.458. The maximum absolute atomic E-state index is 7.43. The molecule has 0 aliphatic carbocycles. The van der Waals surface area contributed by atoms with Crippen molar-refractivity contribution in [3.05, 3.63) is 46.4 Å². The number of nitrogens with zero attached hydrogens (tertiary/aromatic N) is 2. The number of aromatic nitrogens is 2. The summed E-state index contributed by atoms with van der Waals surface area (Å²) >= 11 is 6.10. The number of benzene rings is 1. The second-order valence-corrected chi connectivity index (χ2v) is 4.47. The first-order valence-corrected chi connectivity index (χ1v) is 5.97. The van der Waals surface area contributed by atoms with E-state index in [0.717, 1.165) is 11.1 Å². The maximum Gasteiger partial charge on any atom is 0.249 e. The van der Waals surface area contributed by atoms with Gasteiger partial charge in [0.2, 0.25) is 5.88 Å². The predicted octanol–water partition coefficient (Wildman–Crippen LogP) is 2.82. The molecular formula is C13H13ClN4O. The van der Waals surface area contributed by atoms with Crippen LogP contribution >= 0.6 is 11.6 Å². The highest BCUT2D eigenvalue weighted by Gasteiger charge is 2.11. The summed E-state index contributed by atoms with van der Waals surface area (Å²) in [5.74, 6) is 0.601. The molecule has 98 valence electrons. The SMILES string of the molecule is Cc1cc(Oc2nccnc2C(=N)N)cc(C)c1Cl. The molecular weight excluding hydrogens is 264 g/mol. The Kier molecular flexibility index (Phi) is 3.66. The van der Waals surface area contributed by atoms with Crippen molar-refractivity contribution in [2.75, 3.05) is 0 Å². The van der Waals surface area contributed by atoms with Crippen LogP contribution in [0.2, 0.25) is 5.02 Å². The number of rotatable bonds is 3. The molecule has 19 heavy (non-hydrogen) atoms. The number of ether oxygens (including phenoxy) is 1. The molecule has 0 aliphatic rings. The van der Waals surface area contributed by atoms with Gasteiger partial charge in [-0.05, 0) is 37.1 Å². The number of hydrogen-bond acceptors (Lipinski definition) is 4. The third-order valence-electron chi connectivity index (χ3n) is 2.54. The minimum absolute atomic E-state index is 0.189. The first kappa shape index (κ1) is 13.3. The summed E-state index contributed by atoms with van der Waals surface area (Å²) in [6.45, 7) is 3.79. The van der Waals surface area contributed by atoms with Crippen LogP contribution in [-0.4, -0.2) is 15.8 Å². The van der Waals surface area contributed by atoms with Crippen molar-refractivity contribution in [3.63, 3.8) is 0 Å². The number of hydrogen-bond donors (Lipinski definition) is 2. The van der Waals surface area contributed by atoms with Gasteiger partial charge >= 0.3 is 0 Å². The molecule has 2 aromatic rings. The Labute approximate surface area is 115 Å². The number of nitrogen functional groups attached to an aromatic ring is 1. The zero-order chi connectivity index (χ0) is 14.0. The van der Waals surface area contributed by atoms with Crippen molar-refractivity contribution in [2.45, 2.75) is 13.8 Å². The van der Waals surface area contributed by atoms with E-state index in [4.69, 9.17) is 27.5 Å². The second-order valence-electron chi connectivity index (χ2n) is 4.10. The van der Waals surface area contributed by atoms with Gasteiger partial charge in [-0.3, -0.25) is 5.41 Å². The van der Waals surface area contributed by atoms with E-state index < -0.39 is 0 Å². The fourth-order valence-electron chi connectivity index (χ4n) is 1.66. The highest BCUT2D eigenvalue weighted by Crippen LogP contribution is 2.29. The molecule has 0 saturated heterocycles. The molecule has 0 bridgehead atoms. The lowest BCUT2D eigenvalue weighted by Crippen LogP contribution is -2.15. The van der Waals surface area contributed by atoms with Crippen LogP contribution in [0.15, 0.2) is 24.5 Å². The number of nitrogens with one attached hydrogen (secondary N) is 1. The van der Waals surface area contributed by atoms with Crippen molar-refractivity contribution in [3.8, 4) is 11.6 Å². The predicted molar refractivity (Wildman–Crippen MR) is 74.0 cm³/mol. The molecule has 0 spiro atoms. The average Bonchev–Trinajstić information content (AvgIpc) is 2.36. The third kappa shape index (κ3) is 2.82. The Balaban J connectivity index is 2.39. The van der Waals surface area contributed by atoms with Gasteiger partial charge in [-0.15, -0.1) is 0 Å². The Morgan fingerprint density at radius 3 is 2.37 bits per heavy atom. The maximum atomic E-state index is 7.43. The van der Waals surface area contributed by atoms with E-state index in [0.29, 0.717) is 10.8 Å². The third-order valence-corrected chi connectivity index (χ3v) is 3.14. The molecule has 0 unspecified atom stereocenters. The Morgan fingerprint density at radius 2 is 1.79 bits per heavy atom. The molecule has 1 aromatic carbocycles. The van der Waals surface area contributed by atoms with Crippen molar-refractivity contribution in [2.24, 2.45) is 5.73 Å². The molecule has 1 aromatic heterocycles. The minimum atomic E-state index is -0.189. The Bertz CT molecular complexity index is 619. The van der Waals surface area contributed by atoms with Crippen LogP contribution in [0.1, 0.15) is 16.8 Å². The largest absolute Gasteiger partial charge is 0.437 e. The number of nitrogens with two attached hydrogens (primary N) is 1. The van der Waals surface area contributed by atoms with E-state index in [1.54, 1.807) is 12.1 Å². The van der Waals surface area contributed by atoms with E-state index in [1.807, 2.05) is 13.8 Å². The van der Waals surface area contributed by atoms with Gasteiger partial charge < -0.3 is 10.5 Å². The molecule has 3 N–H and O–H groups in total. The molecule has 0 atom stereocenters. The highest BCUT2D eigenvalue weighted by molar-refractivity contribution is 6.32. The number of aryl methyl sites for hydroxylation is 2. The summed E-state index contributed by atoms with van der Waals surface area (Å²) in [7, 11) is 0. The fraction of sp³-hybridized carbons (Fsp3) is 0.154. The molecule has 0 aliphatic heterocycles. The molecule has 0 fully saturated rings. The van der Waals surface area contributed by atoms with Crippen LogP contribution in [0.3, 0.4) is 0 Å². The van der Waals surface area contributed by atoms with Crippen LogP contribution in [-0.2, 0) is 0 Å². The summed E-state index contributed by atoms with van der Waals surface area (Å²) in [5, 5.41) is 8.14. The summed E-state index contributed by atoms with van der Waals surface area (Å²) < 4.78 is 5.63. The van der Waals surface area contributed by atoms with Gasteiger partial charge in [0.1, 0.15) is 11.6 Å². The van der Waals surface area contributed by atoms with Gasteiger partial charge in [0.25, 0.3) is 0 Å². The van der Waals surface area contributed by atoms with Gasteiger partial charge in [0, 0.05) is 17.4 Å². The van der Waals surface area contributed by atoms with Crippen molar-refractivity contribution >= 4 is 17.4 Å². The monoisotopic (exact) mass is 276 g/mol. The smallest absolute Gasteiger partial charge is 0.249 e. The van der Waals surface area contributed by atoms with Crippen LogP contribution in [0.4, 0.5) is 0 Å². The van der Waals surface area contributed by atoms with Crippen LogP contribution in [0.5, 0.6) is 11.6 Å². The van der Waals surface area contributed by atoms with Crippen molar-refractivity contribution in [1.82, 2.24) is 9.97 Å². The van der Waals surface area contributed by atoms with Gasteiger partial charge in [0.05, 0.1) is 0 Å². The minimum Gasteiger partial charge on any atom is -0.437 e. The highest BCUT2D eigenvalue weighted by atomic mass is 35.5. The summed E-state index contributed by atoms with van der Waals surface area (Å²) in [5.41, 5.74) is 7.46. The zero-order valence-corrected chi connectivity index (χ0v) is 11.3. The lowest BCUT2D eigenvalue weighted by Gasteiger charge is -2.10. The first-order valence-electron chi connectivity index (χ1n) is 5.59. The Hall–Kier alpha value is -2.14. The number of amidine groups is 1. The fourth-order valence-corrected chi connectivity index (χ4v) is 1.77. The van der Waals surface area contributed by atoms with Gasteiger partial charge in [-0.1, -0.05) is 11.6 Å². The molecule has 1 heterocycles. The van der Waals surface area contributed by atoms with Crippen molar-refractivity contribution in [1.29, 1.82) is 5.41 Å². The van der Waals surface area contributed by atoms with E-state index in [1.165, 1.54) is 12.4 Å². The van der Waals surface area contributed by atoms with Crippen molar-refractivity contribution < 1.29 is 4.74 Å².